The summed E-state index contributed by atoms with van der Waals surface area (Å²) in [5, 5.41) is 24.8. The van der Waals surface area contributed by atoms with Crippen LogP contribution in [-0.4, -0.2) is 42.0 Å². The Balaban J connectivity index is 1.50. The van der Waals surface area contributed by atoms with Gasteiger partial charge < -0.3 is 14.8 Å². The molecule has 1 fully saturated rings. The average Bonchev–Trinajstić information content (AvgIpc) is 3.38. The Kier molecular flexibility index (Phi) is 6.27. The molecule has 1 spiro atoms. The third-order valence-electron chi connectivity index (χ3n) is 7.26. The molecule has 1 amide bonds. The van der Waals surface area contributed by atoms with E-state index in [1.165, 1.54) is 0 Å². The number of fused-ring (bicyclic) bond motifs is 2. The van der Waals surface area contributed by atoms with Crippen LogP contribution in [-0.2, 0) is 16.9 Å². The molecule has 9 nitrogen and oxygen atoms in total. The van der Waals surface area contributed by atoms with Crippen molar-refractivity contribution in [1.29, 1.82) is 5.26 Å². The number of rotatable bonds is 7. The minimum Gasteiger partial charge on any atom is -0.490 e. The van der Waals surface area contributed by atoms with Gasteiger partial charge in [0.25, 0.3) is 11.9 Å². The van der Waals surface area contributed by atoms with Crippen molar-refractivity contribution in [2.45, 2.75) is 31.0 Å². The lowest BCUT2D eigenvalue weighted by molar-refractivity contribution is -0.534. The van der Waals surface area contributed by atoms with E-state index >= 15 is 0 Å². The standard InChI is InChI=1S/C28H26N4O5/c1-3-36-25-14-18(12-13-24(25)37-17-20-9-5-4-8-19(20)15-29)21-16-31(2)28(26(21)32(34)35)22-10-6-7-11-23(22)30-27(28)33/h4-14,21,26H,3,16-17H2,1-2H3,(H,30,33)/t21-,26-,28-/m0/s1. The SMILES string of the molecule is CCOc1cc([C@@H]2CN(C)[C@]3(C(=O)Nc4ccccc43)[C@H]2[N+](=O)[O-])ccc1OCc1ccccc1C#N. The monoisotopic (exact) mass is 498 g/mol. The second-order valence-electron chi connectivity index (χ2n) is 9.18. The summed E-state index contributed by atoms with van der Waals surface area (Å²) in [6.07, 6.45) is 0. The number of carbonyl (C=O) groups excluding carboxylic acids is 1. The van der Waals surface area contributed by atoms with Gasteiger partial charge in [-0.1, -0.05) is 42.5 Å². The molecule has 0 aromatic heterocycles. The summed E-state index contributed by atoms with van der Waals surface area (Å²) in [4.78, 5) is 27.3. The predicted octanol–water partition coefficient (Wildman–Crippen LogP) is 4.06. The van der Waals surface area contributed by atoms with Crippen LogP contribution in [0.2, 0.25) is 0 Å². The quantitative estimate of drug-likeness (QED) is 0.386. The van der Waals surface area contributed by atoms with Crippen LogP contribution in [0.3, 0.4) is 0 Å². The van der Waals surface area contributed by atoms with Gasteiger partial charge in [0.2, 0.25) is 0 Å². The summed E-state index contributed by atoms with van der Waals surface area (Å²) >= 11 is 0. The molecule has 0 unspecified atom stereocenters. The number of hydrogen-bond acceptors (Lipinski definition) is 7. The van der Waals surface area contributed by atoms with Gasteiger partial charge in [0, 0.05) is 28.3 Å². The topological polar surface area (TPSA) is 118 Å². The number of para-hydroxylation sites is 1. The van der Waals surface area contributed by atoms with Crippen LogP contribution < -0.4 is 14.8 Å². The average molecular weight is 499 g/mol. The Labute approximate surface area is 214 Å². The lowest BCUT2D eigenvalue weighted by atomic mass is 9.79. The van der Waals surface area contributed by atoms with Crippen LogP contribution in [0.25, 0.3) is 0 Å². The van der Waals surface area contributed by atoms with Crippen LogP contribution in [0.1, 0.15) is 35.1 Å². The van der Waals surface area contributed by atoms with E-state index in [0.29, 0.717) is 47.0 Å². The van der Waals surface area contributed by atoms with E-state index < -0.39 is 17.5 Å². The lowest BCUT2D eigenvalue weighted by Crippen LogP contribution is -2.54. The van der Waals surface area contributed by atoms with Gasteiger partial charge in [-0.15, -0.1) is 0 Å². The fourth-order valence-corrected chi connectivity index (χ4v) is 5.63. The van der Waals surface area contributed by atoms with Gasteiger partial charge in [-0.3, -0.25) is 19.8 Å². The summed E-state index contributed by atoms with van der Waals surface area (Å²) in [6, 6.07) is 20.6. The van der Waals surface area contributed by atoms with Gasteiger partial charge in [0.15, 0.2) is 17.0 Å². The first-order valence-electron chi connectivity index (χ1n) is 12.0. The number of hydrogen-bond donors (Lipinski definition) is 1. The molecule has 0 saturated carbocycles. The molecular weight excluding hydrogens is 472 g/mol. The van der Waals surface area contributed by atoms with Gasteiger partial charge in [-0.2, -0.15) is 5.26 Å². The van der Waals surface area contributed by atoms with Gasteiger partial charge >= 0.3 is 0 Å². The smallest absolute Gasteiger partial charge is 0.256 e. The maximum atomic E-state index is 13.3. The van der Waals surface area contributed by atoms with Crippen molar-refractivity contribution in [2.24, 2.45) is 0 Å². The largest absolute Gasteiger partial charge is 0.490 e. The zero-order chi connectivity index (χ0) is 26.2. The molecule has 1 saturated heterocycles. The van der Waals surface area contributed by atoms with Crippen molar-refractivity contribution >= 4 is 11.6 Å². The Bertz CT molecular complexity index is 1420. The third kappa shape index (κ3) is 3.86. The number of nitriles is 1. The van der Waals surface area contributed by atoms with Gasteiger partial charge in [-0.05, 0) is 43.8 Å². The molecule has 0 radical (unpaired) electrons. The van der Waals surface area contributed by atoms with E-state index in [2.05, 4.69) is 11.4 Å². The lowest BCUT2D eigenvalue weighted by Gasteiger charge is -2.30. The van der Waals surface area contributed by atoms with Crippen molar-refractivity contribution in [3.05, 3.63) is 99.1 Å². The molecule has 2 heterocycles. The molecule has 5 rings (SSSR count). The summed E-state index contributed by atoms with van der Waals surface area (Å²) in [6.45, 7) is 2.71. The molecule has 3 aromatic rings. The summed E-state index contributed by atoms with van der Waals surface area (Å²) in [7, 11) is 1.76. The summed E-state index contributed by atoms with van der Waals surface area (Å²) in [5.41, 5.74) is 1.77. The second-order valence-corrected chi connectivity index (χ2v) is 9.18. The zero-order valence-electron chi connectivity index (χ0n) is 20.5. The van der Waals surface area contributed by atoms with E-state index in [1.54, 1.807) is 66.5 Å². The van der Waals surface area contributed by atoms with Crippen LogP contribution >= 0.6 is 0 Å². The maximum absolute atomic E-state index is 13.3. The first-order chi connectivity index (χ1) is 17.9. The number of likely N-dealkylation sites (N-methyl/N-ethyl adjacent to an activating group) is 1. The van der Waals surface area contributed by atoms with E-state index in [-0.39, 0.29) is 17.4 Å². The van der Waals surface area contributed by atoms with Gasteiger partial charge in [0.1, 0.15) is 6.61 Å². The zero-order valence-corrected chi connectivity index (χ0v) is 20.5. The Morgan fingerprint density at radius 2 is 1.89 bits per heavy atom. The second kappa shape index (κ2) is 9.56. The first kappa shape index (κ1) is 24.3. The fourth-order valence-electron chi connectivity index (χ4n) is 5.63. The molecule has 3 atom stereocenters. The normalized spacial score (nSPS) is 22.4. The summed E-state index contributed by atoms with van der Waals surface area (Å²) in [5.74, 6) is -0.0246. The van der Waals surface area contributed by atoms with Crippen LogP contribution in [0.5, 0.6) is 11.5 Å². The third-order valence-corrected chi connectivity index (χ3v) is 7.26. The highest BCUT2D eigenvalue weighted by Gasteiger charge is 2.68. The molecule has 0 aliphatic carbocycles. The van der Waals surface area contributed by atoms with Crippen molar-refractivity contribution in [3.8, 4) is 17.6 Å². The molecule has 0 bridgehead atoms. The molecule has 9 heteroatoms. The van der Waals surface area contributed by atoms with Crippen molar-refractivity contribution in [3.63, 3.8) is 0 Å². The number of nitrogens with one attached hydrogen (secondary N) is 1. The highest BCUT2D eigenvalue weighted by Crippen LogP contribution is 2.52. The predicted molar refractivity (Wildman–Crippen MR) is 136 cm³/mol. The number of anilines is 1. The Hall–Kier alpha value is -4.42. The first-order valence-corrected chi connectivity index (χ1v) is 12.0. The van der Waals surface area contributed by atoms with E-state index in [9.17, 15) is 20.2 Å². The molecular formula is C28H26N4O5. The van der Waals surface area contributed by atoms with Crippen LogP contribution in [0.15, 0.2) is 66.7 Å². The number of benzene rings is 3. The number of ether oxygens (including phenoxy) is 2. The van der Waals surface area contributed by atoms with Gasteiger partial charge in [0.05, 0.1) is 24.2 Å². The molecule has 2 aliphatic heterocycles. The van der Waals surface area contributed by atoms with Crippen molar-refractivity contribution in [1.82, 2.24) is 4.90 Å². The minimum atomic E-state index is -1.41. The van der Waals surface area contributed by atoms with E-state index in [4.69, 9.17) is 9.47 Å². The molecule has 37 heavy (non-hydrogen) atoms. The summed E-state index contributed by atoms with van der Waals surface area (Å²) < 4.78 is 11.9. The Morgan fingerprint density at radius 3 is 2.65 bits per heavy atom. The van der Waals surface area contributed by atoms with Crippen LogP contribution in [0.4, 0.5) is 5.69 Å². The molecule has 3 aromatic carbocycles. The number of amides is 1. The number of carbonyl (C=O) groups is 1. The molecule has 2 aliphatic rings. The number of nitrogens with zero attached hydrogens (tertiary/aromatic N) is 3. The maximum Gasteiger partial charge on any atom is 0.256 e. The van der Waals surface area contributed by atoms with Gasteiger partial charge in [-0.25, -0.2) is 0 Å². The van der Waals surface area contributed by atoms with Crippen LogP contribution in [0, 0.1) is 21.4 Å². The van der Waals surface area contributed by atoms with Crippen molar-refractivity contribution in [2.75, 3.05) is 25.5 Å². The fraction of sp³-hybridized carbons (Fsp3) is 0.286. The Morgan fingerprint density at radius 1 is 1.14 bits per heavy atom. The highest BCUT2D eigenvalue weighted by atomic mass is 16.6. The number of nitro groups is 1. The highest BCUT2D eigenvalue weighted by molar-refractivity contribution is 6.06. The number of likely N-dealkylation sites (tertiary alicyclic amines) is 1. The molecule has 188 valence electrons. The van der Waals surface area contributed by atoms with Crippen molar-refractivity contribution < 1.29 is 19.2 Å². The molecule has 1 N–H and O–H groups in total. The van der Waals surface area contributed by atoms with E-state index in [0.717, 1.165) is 5.56 Å². The minimum absolute atomic E-state index is 0.174. The van der Waals surface area contributed by atoms with E-state index in [1.807, 2.05) is 19.1 Å².